The molecule has 1 aromatic rings. The van der Waals surface area contributed by atoms with Crippen molar-refractivity contribution < 1.29 is 9.63 Å². The van der Waals surface area contributed by atoms with Crippen molar-refractivity contribution in [1.29, 1.82) is 0 Å². The van der Waals surface area contributed by atoms with E-state index < -0.39 is 6.10 Å². The number of aliphatic hydroxyl groups excluding tert-OH is 1. The lowest BCUT2D eigenvalue weighted by atomic mass is 10.0. The average Bonchev–Trinajstić information content (AvgIpc) is 2.53. The van der Waals surface area contributed by atoms with Crippen LogP contribution < -0.4 is 4.90 Å². The number of aromatic nitrogens is 2. The van der Waals surface area contributed by atoms with E-state index in [9.17, 15) is 5.11 Å². The second-order valence-electron chi connectivity index (χ2n) is 3.58. The van der Waals surface area contributed by atoms with Crippen molar-refractivity contribution in [2.75, 3.05) is 19.0 Å². The molecule has 0 saturated carbocycles. The minimum absolute atomic E-state index is 0.0730. The molecule has 80 valence electrons. The lowest BCUT2D eigenvalue weighted by Gasteiger charge is -2.12. The summed E-state index contributed by atoms with van der Waals surface area (Å²) in [6, 6.07) is 0. The number of nitrogens with zero attached hydrogens (tertiary/aromatic N) is 3. The van der Waals surface area contributed by atoms with Gasteiger partial charge in [-0.05, 0) is 18.5 Å². The fraction of sp³-hybridized carbons (Fsp3) is 0.778. The normalized spacial score (nSPS) is 15.2. The van der Waals surface area contributed by atoms with E-state index in [1.54, 1.807) is 11.8 Å². The van der Waals surface area contributed by atoms with Crippen LogP contribution in [0.5, 0.6) is 0 Å². The molecule has 0 amide bonds. The van der Waals surface area contributed by atoms with Crippen LogP contribution in [0.2, 0.25) is 0 Å². The molecule has 0 saturated heterocycles. The monoisotopic (exact) mass is 199 g/mol. The van der Waals surface area contributed by atoms with E-state index in [0.29, 0.717) is 11.8 Å². The van der Waals surface area contributed by atoms with Crippen molar-refractivity contribution in [3.8, 4) is 0 Å². The third kappa shape index (κ3) is 2.23. The molecular weight excluding hydrogens is 182 g/mol. The molecule has 1 N–H and O–H groups in total. The van der Waals surface area contributed by atoms with Crippen molar-refractivity contribution >= 4 is 5.95 Å². The molecule has 0 fully saturated rings. The van der Waals surface area contributed by atoms with E-state index in [1.165, 1.54) is 0 Å². The van der Waals surface area contributed by atoms with E-state index in [1.807, 2.05) is 21.0 Å². The van der Waals surface area contributed by atoms with Gasteiger partial charge in [0.1, 0.15) is 0 Å². The van der Waals surface area contributed by atoms with Crippen LogP contribution in [0, 0.1) is 0 Å². The van der Waals surface area contributed by atoms with Crippen LogP contribution in [0.4, 0.5) is 5.95 Å². The van der Waals surface area contributed by atoms with Gasteiger partial charge in [-0.25, -0.2) is 0 Å². The quantitative estimate of drug-likeness (QED) is 0.784. The van der Waals surface area contributed by atoms with Crippen LogP contribution in [0.25, 0.3) is 0 Å². The van der Waals surface area contributed by atoms with Gasteiger partial charge in [-0.15, -0.1) is 0 Å². The summed E-state index contributed by atoms with van der Waals surface area (Å²) in [5, 5.41) is 13.3. The Labute approximate surface area is 83.7 Å². The highest BCUT2D eigenvalue weighted by molar-refractivity contribution is 5.24. The zero-order valence-corrected chi connectivity index (χ0v) is 9.06. The second-order valence-corrected chi connectivity index (χ2v) is 3.58. The van der Waals surface area contributed by atoms with Crippen LogP contribution in [-0.2, 0) is 0 Å². The number of aliphatic hydroxyl groups is 1. The summed E-state index contributed by atoms with van der Waals surface area (Å²) in [5.74, 6) is 0.974. The molecule has 1 heterocycles. The van der Waals surface area contributed by atoms with Gasteiger partial charge in [0.15, 0.2) is 0 Å². The molecule has 14 heavy (non-hydrogen) atoms. The van der Waals surface area contributed by atoms with Crippen LogP contribution in [0.3, 0.4) is 0 Å². The summed E-state index contributed by atoms with van der Waals surface area (Å²) < 4.78 is 5.08. The first kappa shape index (κ1) is 11.0. The van der Waals surface area contributed by atoms with E-state index in [-0.39, 0.29) is 5.92 Å². The summed E-state index contributed by atoms with van der Waals surface area (Å²) in [4.78, 5) is 5.96. The van der Waals surface area contributed by atoms with Crippen molar-refractivity contribution in [3.05, 3.63) is 5.89 Å². The molecule has 0 aromatic carbocycles. The molecule has 0 bridgehead atoms. The number of hydrogen-bond acceptors (Lipinski definition) is 5. The van der Waals surface area contributed by atoms with Crippen LogP contribution in [0.1, 0.15) is 32.1 Å². The molecule has 1 aromatic heterocycles. The minimum atomic E-state index is -0.463. The molecule has 0 radical (unpaired) electrons. The average molecular weight is 199 g/mol. The number of rotatable bonds is 4. The summed E-state index contributed by atoms with van der Waals surface area (Å²) >= 11 is 0. The maximum absolute atomic E-state index is 9.47. The van der Waals surface area contributed by atoms with Crippen molar-refractivity contribution in [2.45, 2.75) is 32.3 Å². The fourth-order valence-corrected chi connectivity index (χ4v) is 1.28. The summed E-state index contributed by atoms with van der Waals surface area (Å²) in [6.07, 6.45) is 0.322. The van der Waals surface area contributed by atoms with E-state index in [4.69, 9.17) is 4.52 Å². The Morgan fingerprint density at radius 1 is 1.50 bits per heavy atom. The van der Waals surface area contributed by atoms with Crippen LogP contribution >= 0.6 is 0 Å². The number of hydrogen-bond donors (Lipinski definition) is 1. The summed E-state index contributed by atoms with van der Waals surface area (Å²) in [6.45, 7) is 3.71. The van der Waals surface area contributed by atoms with Crippen LogP contribution in [0.15, 0.2) is 4.52 Å². The molecular formula is C9H17N3O2. The maximum atomic E-state index is 9.47. The predicted octanol–water partition coefficient (Wildman–Crippen LogP) is 1.01. The standard InChI is InChI=1S/C9H17N3O2/c1-5-7(6(2)13)8-10-9(11-14-8)12(3)4/h6-7,13H,5H2,1-4H3. The molecule has 0 aliphatic heterocycles. The first-order valence-corrected chi connectivity index (χ1v) is 4.75. The summed E-state index contributed by atoms with van der Waals surface area (Å²) in [5.41, 5.74) is 0. The molecule has 0 spiro atoms. The van der Waals surface area contributed by atoms with Gasteiger partial charge in [-0.1, -0.05) is 6.92 Å². The van der Waals surface area contributed by atoms with Crippen molar-refractivity contribution in [3.63, 3.8) is 0 Å². The van der Waals surface area contributed by atoms with Gasteiger partial charge < -0.3 is 14.5 Å². The highest BCUT2D eigenvalue weighted by Crippen LogP contribution is 2.22. The molecule has 0 aliphatic carbocycles. The van der Waals surface area contributed by atoms with Gasteiger partial charge >= 0.3 is 0 Å². The Balaban J connectivity index is 2.84. The molecule has 0 aliphatic rings. The largest absolute Gasteiger partial charge is 0.393 e. The highest BCUT2D eigenvalue weighted by Gasteiger charge is 2.22. The van der Waals surface area contributed by atoms with Crippen molar-refractivity contribution in [1.82, 2.24) is 10.1 Å². The Morgan fingerprint density at radius 3 is 2.50 bits per heavy atom. The van der Waals surface area contributed by atoms with Gasteiger partial charge in [0.25, 0.3) is 5.95 Å². The molecule has 5 nitrogen and oxygen atoms in total. The lowest BCUT2D eigenvalue weighted by molar-refractivity contribution is 0.141. The van der Waals surface area contributed by atoms with Gasteiger partial charge in [-0.3, -0.25) is 0 Å². The van der Waals surface area contributed by atoms with E-state index in [2.05, 4.69) is 10.1 Å². The maximum Gasteiger partial charge on any atom is 0.265 e. The van der Waals surface area contributed by atoms with Crippen LogP contribution in [-0.4, -0.2) is 35.4 Å². The smallest absolute Gasteiger partial charge is 0.265 e. The second kappa shape index (κ2) is 4.41. The van der Waals surface area contributed by atoms with Crippen molar-refractivity contribution in [2.24, 2.45) is 0 Å². The zero-order valence-electron chi connectivity index (χ0n) is 9.06. The molecule has 1 rings (SSSR count). The van der Waals surface area contributed by atoms with E-state index >= 15 is 0 Å². The first-order valence-electron chi connectivity index (χ1n) is 4.75. The Hall–Kier alpha value is -1.10. The fourth-order valence-electron chi connectivity index (χ4n) is 1.28. The van der Waals surface area contributed by atoms with Gasteiger partial charge in [0.2, 0.25) is 5.89 Å². The molecule has 2 unspecified atom stereocenters. The number of anilines is 1. The van der Waals surface area contributed by atoms with Gasteiger partial charge in [0.05, 0.1) is 12.0 Å². The van der Waals surface area contributed by atoms with Gasteiger partial charge in [-0.2, -0.15) is 4.98 Å². The van der Waals surface area contributed by atoms with E-state index in [0.717, 1.165) is 6.42 Å². The topological polar surface area (TPSA) is 62.4 Å². The minimum Gasteiger partial charge on any atom is -0.393 e. The zero-order chi connectivity index (χ0) is 10.7. The SMILES string of the molecule is CCC(c1nc(N(C)C)no1)C(C)O. The lowest BCUT2D eigenvalue weighted by Crippen LogP contribution is -2.15. The molecule has 2 atom stereocenters. The highest BCUT2D eigenvalue weighted by atomic mass is 16.5. The third-order valence-corrected chi connectivity index (χ3v) is 2.17. The predicted molar refractivity (Wildman–Crippen MR) is 53.3 cm³/mol. The van der Waals surface area contributed by atoms with Gasteiger partial charge in [0, 0.05) is 14.1 Å². The Morgan fingerprint density at radius 2 is 2.14 bits per heavy atom. The Bertz CT molecular complexity index is 283. The molecule has 5 heteroatoms. The Kier molecular flexibility index (Phi) is 3.46. The summed E-state index contributed by atoms with van der Waals surface area (Å²) in [7, 11) is 3.69. The first-order chi connectivity index (χ1) is 6.56. The third-order valence-electron chi connectivity index (χ3n) is 2.17.